The van der Waals surface area contributed by atoms with E-state index in [4.69, 9.17) is 11.6 Å². The molecule has 0 bridgehead atoms. The van der Waals surface area contributed by atoms with E-state index in [9.17, 15) is 26.4 Å². The van der Waals surface area contributed by atoms with Gasteiger partial charge in [0.05, 0.1) is 4.90 Å². The average Bonchev–Trinajstić information content (AvgIpc) is 2.55. The van der Waals surface area contributed by atoms with Crippen LogP contribution in [0.4, 0.5) is 13.2 Å². The van der Waals surface area contributed by atoms with Gasteiger partial charge in [-0.15, -0.1) is 0 Å². The summed E-state index contributed by atoms with van der Waals surface area (Å²) < 4.78 is 67.7. The molecule has 10 heteroatoms. The first-order valence-corrected chi connectivity index (χ1v) is 9.31. The largest absolute Gasteiger partial charge is 0.409 e. The van der Waals surface area contributed by atoms with Crippen molar-refractivity contribution < 1.29 is 21.6 Å². The van der Waals surface area contributed by atoms with Gasteiger partial charge in [0.15, 0.2) is 0 Å². The first-order chi connectivity index (χ1) is 12.0. The zero-order valence-corrected chi connectivity index (χ0v) is 15.4. The Morgan fingerprint density at radius 3 is 2.23 bits per heavy atom. The van der Waals surface area contributed by atoms with Crippen molar-refractivity contribution in [2.75, 3.05) is 7.05 Å². The number of alkyl halides is 3. The molecule has 0 fully saturated rings. The van der Waals surface area contributed by atoms with Gasteiger partial charge in [0.2, 0.25) is 10.0 Å². The van der Waals surface area contributed by atoms with E-state index in [0.29, 0.717) is 0 Å². The summed E-state index contributed by atoms with van der Waals surface area (Å²) in [7, 11) is -3.66. The van der Waals surface area contributed by atoms with E-state index in [0.717, 1.165) is 42.1 Å². The molecule has 1 unspecified atom stereocenters. The Hall–Kier alpha value is -1.84. The molecule has 0 aliphatic carbocycles. The van der Waals surface area contributed by atoms with Crippen LogP contribution in [0.3, 0.4) is 0 Å². The van der Waals surface area contributed by atoms with Crippen molar-refractivity contribution in [3.63, 3.8) is 0 Å². The van der Waals surface area contributed by atoms with E-state index in [1.54, 1.807) is 6.92 Å². The lowest BCUT2D eigenvalue weighted by Crippen LogP contribution is -2.40. The molecule has 5 nitrogen and oxygen atoms in total. The van der Waals surface area contributed by atoms with Gasteiger partial charge in [0.25, 0.3) is 5.56 Å². The third-order valence-electron chi connectivity index (χ3n) is 3.83. The zero-order valence-electron chi connectivity index (χ0n) is 13.9. The molecule has 1 heterocycles. The Labute approximate surface area is 153 Å². The Balaban J connectivity index is 2.55. The summed E-state index contributed by atoms with van der Waals surface area (Å²) in [6, 6.07) is 4.37. The van der Waals surface area contributed by atoms with Crippen LogP contribution in [0.15, 0.2) is 52.3 Å². The van der Waals surface area contributed by atoms with Crippen molar-refractivity contribution in [1.29, 1.82) is 0 Å². The van der Waals surface area contributed by atoms with Crippen molar-refractivity contribution in [3.05, 3.63) is 63.5 Å². The lowest BCUT2D eigenvalue weighted by atomic mass is 10.1. The molecule has 1 atom stereocenters. The number of rotatable bonds is 5. The molecule has 0 spiro atoms. The van der Waals surface area contributed by atoms with Gasteiger partial charge in [0, 0.05) is 30.9 Å². The topological polar surface area (TPSA) is 59.4 Å². The number of hydrogen-bond acceptors (Lipinski definition) is 3. The van der Waals surface area contributed by atoms with Crippen LogP contribution in [0.2, 0.25) is 5.02 Å². The molecule has 1 aromatic carbocycles. The molecule has 2 aromatic rings. The van der Waals surface area contributed by atoms with E-state index < -0.39 is 32.7 Å². The highest BCUT2D eigenvalue weighted by Crippen LogP contribution is 2.39. The highest BCUT2D eigenvalue weighted by atomic mass is 35.5. The zero-order chi connectivity index (χ0) is 19.7. The van der Waals surface area contributed by atoms with Crippen molar-refractivity contribution in [1.82, 2.24) is 8.87 Å². The lowest BCUT2D eigenvalue weighted by Gasteiger charge is -2.29. The van der Waals surface area contributed by atoms with Crippen molar-refractivity contribution in [3.8, 4) is 0 Å². The molecule has 0 N–H and O–H groups in total. The van der Waals surface area contributed by atoms with Gasteiger partial charge in [-0.1, -0.05) is 23.7 Å². The molecule has 0 saturated carbocycles. The summed E-state index contributed by atoms with van der Waals surface area (Å²) in [6.45, 7) is 1.81. The summed E-state index contributed by atoms with van der Waals surface area (Å²) in [5.74, 6) is 0. The van der Waals surface area contributed by atoms with E-state index in [1.807, 2.05) is 0 Å². The maximum absolute atomic E-state index is 13.6. The number of aromatic nitrogens is 1. The Kier molecular flexibility index (Phi) is 5.84. The standard InChI is InChI=1S/C16H16ClF3N2O3S/c1-3-22-10-13(8-9-14(22)23)26(24,25)21(2)15(16(18,19)20)11-4-6-12(17)7-5-11/h4-10,15H,3H2,1-2H3. The minimum atomic E-state index is -4.85. The second-order valence-electron chi connectivity index (χ2n) is 5.51. The van der Waals surface area contributed by atoms with Gasteiger partial charge in [-0.3, -0.25) is 4.79 Å². The van der Waals surface area contributed by atoms with Crippen LogP contribution in [-0.4, -0.2) is 30.5 Å². The first kappa shape index (κ1) is 20.5. The summed E-state index contributed by atoms with van der Waals surface area (Å²) >= 11 is 5.70. The lowest BCUT2D eigenvalue weighted by molar-refractivity contribution is -0.171. The van der Waals surface area contributed by atoms with Gasteiger partial charge in [-0.2, -0.15) is 17.5 Å². The number of nitrogens with zero attached hydrogens (tertiary/aromatic N) is 2. The third-order valence-corrected chi connectivity index (χ3v) is 5.89. The Bertz CT molecular complexity index is 940. The number of benzene rings is 1. The minimum Gasteiger partial charge on any atom is -0.314 e. The second kappa shape index (κ2) is 7.42. The van der Waals surface area contributed by atoms with Gasteiger partial charge in [0.1, 0.15) is 6.04 Å². The van der Waals surface area contributed by atoms with E-state index in [2.05, 4.69) is 0 Å². The summed E-state index contributed by atoms with van der Waals surface area (Å²) in [6.07, 6.45) is -3.82. The fourth-order valence-electron chi connectivity index (χ4n) is 2.46. The fourth-order valence-corrected chi connectivity index (χ4v) is 3.94. The molecular formula is C16H16ClF3N2O3S. The van der Waals surface area contributed by atoms with Crippen molar-refractivity contribution in [2.24, 2.45) is 0 Å². The maximum atomic E-state index is 13.6. The highest BCUT2D eigenvalue weighted by molar-refractivity contribution is 7.89. The Morgan fingerprint density at radius 1 is 1.15 bits per heavy atom. The molecule has 0 saturated heterocycles. The summed E-state index contributed by atoms with van der Waals surface area (Å²) in [5.41, 5.74) is -0.712. The van der Waals surface area contributed by atoms with Crippen LogP contribution < -0.4 is 5.56 Å². The molecule has 0 amide bonds. The molecule has 26 heavy (non-hydrogen) atoms. The normalized spacial score (nSPS) is 13.8. The van der Waals surface area contributed by atoms with Crippen molar-refractivity contribution >= 4 is 21.6 Å². The van der Waals surface area contributed by atoms with E-state index >= 15 is 0 Å². The average molecular weight is 409 g/mol. The van der Waals surface area contributed by atoms with E-state index in [1.165, 1.54) is 12.1 Å². The fraction of sp³-hybridized carbons (Fsp3) is 0.312. The van der Waals surface area contributed by atoms with Gasteiger partial charge in [-0.25, -0.2) is 8.42 Å². The van der Waals surface area contributed by atoms with Crippen LogP contribution >= 0.6 is 11.6 Å². The number of aryl methyl sites for hydroxylation is 1. The van der Waals surface area contributed by atoms with Crippen LogP contribution in [-0.2, 0) is 16.6 Å². The van der Waals surface area contributed by atoms with Gasteiger partial charge in [-0.05, 0) is 30.7 Å². The Morgan fingerprint density at radius 2 is 1.73 bits per heavy atom. The highest BCUT2D eigenvalue weighted by Gasteiger charge is 2.47. The smallest absolute Gasteiger partial charge is 0.314 e. The minimum absolute atomic E-state index is 0.186. The van der Waals surface area contributed by atoms with Crippen LogP contribution in [0.1, 0.15) is 18.5 Å². The van der Waals surface area contributed by atoms with Crippen LogP contribution in [0.25, 0.3) is 0 Å². The molecule has 0 aliphatic heterocycles. The predicted molar refractivity (Wildman–Crippen MR) is 91.6 cm³/mol. The quantitative estimate of drug-likeness (QED) is 0.761. The SMILES string of the molecule is CCn1cc(S(=O)(=O)N(C)C(c2ccc(Cl)cc2)C(F)(F)F)ccc1=O. The molecule has 0 radical (unpaired) electrons. The number of pyridine rings is 1. The van der Waals surface area contributed by atoms with Crippen LogP contribution in [0, 0.1) is 0 Å². The molecule has 1 aromatic heterocycles. The summed E-state index contributed by atoms with van der Waals surface area (Å²) in [5, 5.41) is 0.232. The number of halogens is 4. The van der Waals surface area contributed by atoms with Gasteiger partial charge < -0.3 is 4.57 Å². The third kappa shape index (κ3) is 4.11. The van der Waals surface area contributed by atoms with Crippen LogP contribution in [0.5, 0.6) is 0 Å². The van der Waals surface area contributed by atoms with E-state index in [-0.39, 0.29) is 21.4 Å². The predicted octanol–water partition coefficient (Wildman–Crippen LogP) is 3.45. The monoisotopic (exact) mass is 408 g/mol. The van der Waals surface area contributed by atoms with Crippen molar-refractivity contribution in [2.45, 2.75) is 30.6 Å². The van der Waals surface area contributed by atoms with Gasteiger partial charge >= 0.3 is 6.18 Å². The first-order valence-electron chi connectivity index (χ1n) is 7.49. The molecule has 142 valence electrons. The number of hydrogen-bond donors (Lipinski definition) is 0. The number of sulfonamides is 1. The molecule has 2 rings (SSSR count). The molecular weight excluding hydrogens is 393 g/mol. The second-order valence-corrected chi connectivity index (χ2v) is 7.94. The molecule has 0 aliphatic rings. The summed E-state index contributed by atoms with van der Waals surface area (Å²) in [4.78, 5) is 11.2. The maximum Gasteiger partial charge on any atom is 0.409 e.